The van der Waals surface area contributed by atoms with Crippen molar-refractivity contribution in [3.05, 3.63) is 94.9 Å². The molecule has 3 aromatic carbocycles. The average Bonchev–Trinajstić information content (AvgIpc) is 3.31. The second-order valence-corrected chi connectivity index (χ2v) is 7.75. The zero-order valence-corrected chi connectivity index (χ0v) is 18.1. The van der Waals surface area contributed by atoms with Crippen LogP contribution in [0, 0.1) is 13.8 Å². The zero-order valence-electron chi connectivity index (χ0n) is 18.1. The van der Waals surface area contributed by atoms with Gasteiger partial charge in [-0.3, -0.25) is 0 Å². The van der Waals surface area contributed by atoms with E-state index in [9.17, 15) is 0 Å². The summed E-state index contributed by atoms with van der Waals surface area (Å²) < 4.78 is 23.7. The van der Waals surface area contributed by atoms with E-state index in [4.69, 9.17) is 18.3 Å². The van der Waals surface area contributed by atoms with Gasteiger partial charge in [0.05, 0.1) is 14.2 Å². The molecule has 0 atom stereocenters. The summed E-state index contributed by atoms with van der Waals surface area (Å²) in [5.41, 5.74) is 4.94. The molecule has 2 aromatic heterocycles. The molecule has 0 N–H and O–H groups in total. The molecule has 0 saturated carbocycles. The highest BCUT2D eigenvalue weighted by Crippen LogP contribution is 2.43. The summed E-state index contributed by atoms with van der Waals surface area (Å²) in [6.07, 6.45) is 0. The quantitative estimate of drug-likeness (QED) is 0.312. The first kappa shape index (κ1) is 19.3. The maximum Gasteiger partial charge on any atom is 0.138 e. The SMILES string of the molecule is COc1ccc2c(C)c(C(c3ccccc3)c3oc4cc(OC)ccc4c3C)oc2c1. The molecular formula is C27H24O4. The van der Waals surface area contributed by atoms with Gasteiger partial charge < -0.3 is 18.3 Å². The number of methoxy groups -OCH3 is 2. The van der Waals surface area contributed by atoms with Crippen LogP contribution < -0.4 is 9.47 Å². The molecule has 156 valence electrons. The van der Waals surface area contributed by atoms with Gasteiger partial charge in [0, 0.05) is 22.9 Å². The minimum Gasteiger partial charge on any atom is -0.497 e. The maximum absolute atomic E-state index is 6.44. The monoisotopic (exact) mass is 412 g/mol. The lowest BCUT2D eigenvalue weighted by molar-refractivity contribution is 0.413. The van der Waals surface area contributed by atoms with Crippen LogP contribution in [0.3, 0.4) is 0 Å². The molecule has 0 saturated heterocycles. The summed E-state index contributed by atoms with van der Waals surface area (Å²) in [4.78, 5) is 0. The summed E-state index contributed by atoms with van der Waals surface area (Å²) in [5, 5.41) is 2.15. The van der Waals surface area contributed by atoms with Crippen molar-refractivity contribution in [2.45, 2.75) is 19.8 Å². The van der Waals surface area contributed by atoms with Crippen molar-refractivity contribution < 1.29 is 18.3 Å². The fraction of sp³-hybridized carbons (Fsp3) is 0.185. The van der Waals surface area contributed by atoms with Crippen LogP contribution in [0.2, 0.25) is 0 Å². The zero-order chi connectivity index (χ0) is 21.5. The Bertz CT molecular complexity index is 1290. The van der Waals surface area contributed by atoms with Crippen LogP contribution in [0.4, 0.5) is 0 Å². The highest BCUT2D eigenvalue weighted by Gasteiger charge is 2.29. The van der Waals surface area contributed by atoms with Crippen LogP contribution in [0.25, 0.3) is 21.9 Å². The van der Waals surface area contributed by atoms with E-state index in [0.717, 1.165) is 61.6 Å². The van der Waals surface area contributed by atoms with E-state index >= 15 is 0 Å². The van der Waals surface area contributed by atoms with Crippen LogP contribution in [0.15, 0.2) is 75.6 Å². The Balaban J connectivity index is 1.77. The van der Waals surface area contributed by atoms with E-state index in [1.165, 1.54) is 0 Å². The lowest BCUT2D eigenvalue weighted by Gasteiger charge is -2.15. The van der Waals surface area contributed by atoms with E-state index in [-0.39, 0.29) is 5.92 Å². The highest BCUT2D eigenvalue weighted by atomic mass is 16.5. The van der Waals surface area contributed by atoms with Crippen LogP contribution in [0.5, 0.6) is 11.5 Å². The number of hydrogen-bond donors (Lipinski definition) is 0. The summed E-state index contributed by atoms with van der Waals surface area (Å²) in [7, 11) is 3.33. The molecule has 0 aliphatic heterocycles. The number of rotatable bonds is 5. The van der Waals surface area contributed by atoms with Gasteiger partial charge in [0.15, 0.2) is 0 Å². The molecule has 5 rings (SSSR count). The molecule has 0 fully saturated rings. The Hall–Kier alpha value is -3.66. The number of fused-ring (bicyclic) bond motifs is 2. The summed E-state index contributed by atoms with van der Waals surface area (Å²) in [6, 6.07) is 22.2. The largest absolute Gasteiger partial charge is 0.497 e. The molecule has 0 amide bonds. The van der Waals surface area contributed by atoms with Crippen molar-refractivity contribution in [3.8, 4) is 11.5 Å². The molecule has 31 heavy (non-hydrogen) atoms. The smallest absolute Gasteiger partial charge is 0.138 e. The topological polar surface area (TPSA) is 44.7 Å². The van der Waals surface area contributed by atoms with Crippen LogP contribution in [0.1, 0.15) is 34.1 Å². The van der Waals surface area contributed by atoms with Crippen molar-refractivity contribution >= 4 is 21.9 Å². The van der Waals surface area contributed by atoms with Gasteiger partial charge in [-0.25, -0.2) is 0 Å². The predicted molar refractivity (Wildman–Crippen MR) is 122 cm³/mol. The predicted octanol–water partition coefficient (Wildman–Crippen LogP) is 6.99. The normalized spacial score (nSPS) is 11.5. The van der Waals surface area contributed by atoms with Crippen molar-refractivity contribution in [1.82, 2.24) is 0 Å². The fourth-order valence-corrected chi connectivity index (χ4v) is 4.32. The van der Waals surface area contributed by atoms with Crippen LogP contribution in [-0.2, 0) is 0 Å². The minimum absolute atomic E-state index is 0.169. The molecule has 2 heterocycles. The van der Waals surface area contributed by atoms with E-state index in [0.29, 0.717) is 0 Å². The second-order valence-electron chi connectivity index (χ2n) is 7.75. The molecule has 0 aliphatic carbocycles. The van der Waals surface area contributed by atoms with Gasteiger partial charge in [0.25, 0.3) is 0 Å². The van der Waals surface area contributed by atoms with Crippen molar-refractivity contribution in [2.75, 3.05) is 14.2 Å². The van der Waals surface area contributed by atoms with Gasteiger partial charge in [-0.15, -0.1) is 0 Å². The number of aryl methyl sites for hydroxylation is 2. The molecular weight excluding hydrogens is 388 g/mol. The summed E-state index contributed by atoms with van der Waals surface area (Å²) in [5.74, 6) is 3.14. The highest BCUT2D eigenvalue weighted by molar-refractivity contribution is 5.86. The van der Waals surface area contributed by atoms with E-state index in [1.807, 2.05) is 42.5 Å². The lowest BCUT2D eigenvalue weighted by atomic mass is 9.89. The first-order valence-corrected chi connectivity index (χ1v) is 10.3. The van der Waals surface area contributed by atoms with E-state index in [2.05, 4.69) is 38.1 Å². The molecule has 0 unspecified atom stereocenters. The first-order chi connectivity index (χ1) is 15.1. The molecule has 0 spiro atoms. The molecule has 0 radical (unpaired) electrons. The Morgan fingerprint density at radius 2 is 1.13 bits per heavy atom. The van der Waals surface area contributed by atoms with Gasteiger partial charge >= 0.3 is 0 Å². The molecule has 5 aromatic rings. The van der Waals surface area contributed by atoms with Gasteiger partial charge in [-0.1, -0.05) is 30.3 Å². The maximum atomic E-state index is 6.44. The number of hydrogen-bond acceptors (Lipinski definition) is 4. The average molecular weight is 412 g/mol. The van der Waals surface area contributed by atoms with Crippen LogP contribution >= 0.6 is 0 Å². The first-order valence-electron chi connectivity index (χ1n) is 10.3. The molecule has 4 heteroatoms. The Kier molecular flexibility index (Phi) is 4.70. The fourth-order valence-electron chi connectivity index (χ4n) is 4.32. The second kappa shape index (κ2) is 7.55. The number of benzene rings is 3. The van der Waals surface area contributed by atoms with E-state index in [1.54, 1.807) is 14.2 Å². The number of ether oxygens (including phenoxy) is 2. The molecule has 4 nitrogen and oxygen atoms in total. The Morgan fingerprint density at radius 1 is 0.645 bits per heavy atom. The Labute approximate surface area is 181 Å². The Morgan fingerprint density at radius 3 is 1.58 bits per heavy atom. The minimum atomic E-state index is -0.169. The van der Waals surface area contributed by atoms with Crippen molar-refractivity contribution in [2.24, 2.45) is 0 Å². The third-order valence-electron chi connectivity index (χ3n) is 6.02. The van der Waals surface area contributed by atoms with Gasteiger partial charge in [0.1, 0.15) is 40.1 Å². The lowest BCUT2D eigenvalue weighted by Crippen LogP contribution is -2.04. The summed E-state index contributed by atoms with van der Waals surface area (Å²) in [6.45, 7) is 4.20. The third-order valence-corrected chi connectivity index (χ3v) is 6.02. The summed E-state index contributed by atoms with van der Waals surface area (Å²) >= 11 is 0. The van der Waals surface area contributed by atoms with Crippen molar-refractivity contribution in [1.29, 1.82) is 0 Å². The molecule has 0 bridgehead atoms. The van der Waals surface area contributed by atoms with Gasteiger partial charge in [-0.05, 0) is 54.8 Å². The van der Waals surface area contributed by atoms with Crippen LogP contribution in [-0.4, -0.2) is 14.2 Å². The van der Waals surface area contributed by atoms with Crippen molar-refractivity contribution in [3.63, 3.8) is 0 Å². The third kappa shape index (κ3) is 3.15. The van der Waals surface area contributed by atoms with Gasteiger partial charge in [-0.2, -0.15) is 0 Å². The van der Waals surface area contributed by atoms with Gasteiger partial charge in [0.2, 0.25) is 0 Å². The number of furan rings is 2. The van der Waals surface area contributed by atoms with E-state index < -0.39 is 0 Å². The standard InChI is InChI=1S/C27H24O4/c1-16-21-12-10-19(28-3)14-23(21)30-26(16)25(18-8-6-5-7-9-18)27-17(2)22-13-11-20(29-4)15-24(22)31-27/h5-15,25H,1-4H3. The molecule has 0 aliphatic rings.